The number of aromatic nitrogens is 4. The fraction of sp³-hybridized carbons (Fsp3) is 0.319. The van der Waals surface area contributed by atoms with E-state index in [1.54, 1.807) is 52.4 Å². The smallest absolute Gasteiger partial charge is 0.407 e. The number of halogens is 1. The summed E-state index contributed by atoms with van der Waals surface area (Å²) >= 11 is 0. The van der Waals surface area contributed by atoms with Crippen molar-refractivity contribution in [3.05, 3.63) is 119 Å². The Balaban J connectivity index is 0.969. The standard InChI is InChI=1S/C47H47FN8O6/c1-27(2)39(53-46(59)61-3)44(57)56-23-9-13-38(56)43-50-35-21-19-31-24-28(15-20-33(31)41(35)52-43)14-16-29-17-18-32(25-34(29)48)36-26-49-42(51-36)37-12-8-22-55(37)45(58)40(54-47(60)62-4)30-10-6-5-7-11-30/h5-7,10-11,15,17-21,24-27,37-40H,8-9,12-13,22-23H2,1-4H3,(H,49,51)(H,50,52)(H,53,59)(H,54,60). The van der Waals surface area contributed by atoms with E-state index >= 15 is 4.39 Å². The number of methoxy groups -OCH3 is 2. The number of ether oxygens (including phenoxy) is 2. The maximum absolute atomic E-state index is 15.6. The molecule has 4 amide bonds. The molecule has 4 atom stereocenters. The van der Waals surface area contributed by atoms with E-state index in [9.17, 15) is 19.2 Å². The Morgan fingerprint density at radius 1 is 0.806 bits per heavy atom. The van der Waals surface area contributed by atoms with Crippen LogP contribution in [0.4, 0.5) is 14.0 Å². The third-order valence-electron chi connectivity index (χ3n) is 11.6. The highest BCUT2D eigenvalue weighted by Gasteiger charge is 2.39. The summed E-state index contributed by atoms with van der Waals surface area (Å²) in [5.41, 5.74) is 4.34. The van der Waals surface area contributed by atoms with Crippen LogP contribution in [0, 0.1) is 23.6 Å². The highest BCUT2D eigenvalue weighted by Crippen LogP contribution is 2.36. The van der Waals surface area contributed by atoms with Crippen LogP contribution >= 0.6 is 0 Å². The molecule has 0 spiro atoms. The minimum Gasteiger partial charge on any atom is -0.453 e. The summed E-state index contributed by atoms with van der Waals surface area (Å²) in [6.07, 6.45) is 3.24. The van der Waals surface area contributed by atoms with Gasteiger partial charge < -0.3 is 39.9 Å². The lowest BCUT2D eigenvalue weighted by molar-refractivity contribution is -0.135. The largest absolute Gasteiger partial charge is 0.453 e. The first-order chi connectivity index (χ1) is 30.0. The van der Waals surface area contributed by atoms with Gasteiger partial charge in [0, 0.05) is 29.6 Å². The van der Waals surface area contributed by atoms with Crippen molar-refractivity contribution < 1.29 is 33.0 Å². The van der Waals surface area contributed by atoms with E-state index in [0.717, 1.165) is 41.1 Å². The highest BCUT2D eigenvalue weighted by atomic mass is 19.1. The Labute approximate surface area is 357 Å². The molecule has 0 saturated carbocycles. The zero-order valence-corrected chi connectivity index (χ0v) is 34.8. The molecule has 2 aliphatic rings. The second-order valence-corrected chi connectivity index (χ2v) is 15.9. The predicted molar refractivity (Wildman–Crippen MR) is 230 cm³/mol. The lowest BCUT2D eigenvalue weighted by Crippen LogP contribution is -2.51. The van der Waals surface area contributed by atoms with Crippen LogP contribution in [-0.2, 0) is 19.1 Å². The fourth-order valence-corrected chi connectivity index (χ4v) is 8.42. The molecule has 4 heterocycles. The van der Waals surface area contributed by atoms with Crippen molar-refractivity contribution in [2.24, 2.45) is 5.92 Å². The predicted octanol–water partition coefficient (Wildman–Crippen LogP) is 7.45. The van der Waals surface area contributed by atoms with E-state index < -0.39 is 30.1 Å². The van der Waals surface area contributed by atoms with Crippen LogP contribution in [0.15, 0.2) is 85.1 Å². The number of hydrogen-bond acceptors (Lipinski definition) is 8. The van der Waals surface area contributed by atoms with Crippen LogP contribution in [0.3, 0.4) is 0 Å². The molecule has 4 N–H and O–H groups in total. The molecule has 4 aromatic carbocycles. The molecule has 62 heavy (non-hydrogen) atoms. The minimum absolute atomic E-state index is 0.138. The van der Waals surface area contributed by atoms with Crippen LogP contribution in [0.2, 0.25) is 0 Å². The second-order valence-electron chi connectivity index (χ2n) is 15.9. The van der Waals surface area contributed by atoms with Gasteiger partial charge in [0.2, 0.25) is 5.91 Å². The van der Waals surface area contributed by atoms with Gasteiger partial charge in [0.15, 0.2) is 0 Å². The van der Waals surface area contributed by atoms with Crippen LogP contribution in [0.25, 0.3) is 33.1 Å². The lowest BCUT2D eigenvalue weighted by Gasteiger charge is -2.29. The van der Waals surface area contributed by atoms with E-state index in [1.165, 1.54) is 20.3 Å². The number of aromatic amines is 2. The number of nitrogens with one attached hydrogen (secondary N) is 4. The summed E-state index contributed by atoms with van der Waals surface area (Å²) in [5.74, 6) is 6.27. The molecular formula is C47H47FN8O6. The highest BCUT2D eigenvalue weighted by molar-refractivity contribution is 6.04. The number of likely N-dealkylation sites (tertiary alicyclic amines) is 2. The third kappa shape index (κ3) is 8.41. The second kappa shape index (κ2) is 17.8. The number of rotatable bonds is 9. The fourth-order valence-electron chi connectivity index (χ4n) is 8.42. The van der Waals surface area contributed by atoms with E-state index in [2.05, 4.69) is 37.4 Å². The monoisotopic (exact) mass is 838 g/mol. The topological polar surface area (TPSA) is 175 Å². The van der Waals surface area contributed by atoms with Gasteiger partial charge >= 0.3 is 12.2 Å². The van der Waals surface area contributed by atoms with Crippen LogP contribution in [0.5, 0.6) is 0 Å². The summed E-state index contributed by atoms with van der Waals surface area (Å²) in [6.45, 7) is 4.81. The van der Waals surface area contributed by atoms with Crippen molar-refractivity contribution in [2.75, 3.05) is 27.3 Å². The van der Waals surface area contributed by atoms with Crippen LogP contribution < -0.4 is 10.6 Å². The third-order valence-corrected chi connectivity index (χ3v) is 11.6. The quantitative estimate of drug-likeness (QED) is 0.109. The molecule has 2 aliphatic heterocycles. The van der Waals surface area contributed by atoms with Gasteiger partial charge in [-0.25, -0.2) is 23.9 Å². The van der Waals surface area contributed by atoms with Gasteiger partial charge in [-0.05, 0) is 72.9 Å². The van der Waals surface area contributed by atoms with Gasteiger partial charge in [0.25, 0.3) is 5.91 Å². The molecule has 2 saturated heterocycles. The maximum atomic E-state index is 15.6. The number of imidazole rings is 2. The van der Waals surface area contributed by atoms with Crippen molar-refractivity contribution >= 4 is 45.8 Å². The molecule has 4 unspecified atom stereocenters. The van der Waals surface area contributed by atoms with Crippen molar-refractivity contribution in [3.63, 3.8) is 0 Å². The van der Waals surface area contributed by atoms with E-state index in [-0.39, 0.29) is 35.4 Å². The molecule has 8 rings (SSSR count). The molecule has 6 aromatic rings. The van der Waals surface area contributed by atoms with Crippen molar-refractivity contribution in [1.82, 2.24) is 40.4 Å². The molecule has 2 fully saturated rings. The minimum atomic E-state index is -0.937. The lowest BCUT2D eigenvalue weighted by atomic mass is 10.0. The van der Waals surface area contributed by atoms with Gasteiger partial charge in [-0.3, -0.25) is 9.59 Å². The Morgan fingerprint density at radius 3 is 2.23 bits per heavy atom. The SMILES string of the molecule is COC(=O)NC(C(=O)N1CCCC1c1ncc(-c2ccc(C#Cc3ccc4c(ccc5[nH]c(C6CCCN6C(=O)C(NC(=O)OC)C(C)C)nc54)c3)c(F)c2)[nH]1)c1ccccc1. The first-order valence-electron chi connectivity index (χ1n) is 20.7. The van der Waals surface area contributed by atoms with E-state index in [0.29, 0.717) is 53.5 Å². The summed E-state index contributed by atoms with van der Waals surface area (Å²) in [7, 11) is 2.53. The number of alkyl carbamates (subject to hydrolysis) is 2. The molecular weight excluding hydrogens is 792 g/mol. The van der Waals surface area contributed by atoms with Gasteiger partial charge in [0.05, 0.1) is 54.8 Å². The average molecular weight is 839 g/mol. The molecule has 318 valence electrons. The molecule has 2 aromatic heterocycles. The number of carbonyl (C=O) groups excluding carboxylic acids is 4. The summed E-state index contributed by atoms with van der Waals surface area (Å²) in [6, 6.07) is 21.2. The Kier molecular flexibility index (Phi) is 11.9. The Hall–Kier alpha value is -7.21. The average Bonchev–Trinajstić information content (AvgIpc) is 4.13. The number of H-pyrrole nitrogens is 2. The van der Waals surface area contributed by atoms with Crippen LogP contribution in [0.1, 0.15) is 86.0 Å². The maximum Gasteiger partial charge on any atom is 0.407 e. The van der Waals surface area contributed by atoms with Gasteiger partial charge in [-0.15, -0.1) is 0 Å². The number of fused-ring (bicyclic) bond motifs is 3. The number of hydrogen-bond donors (Lipinski definition) is 4. The van der Waals surface area contributed by atoms with E-state index in [1.807, 2.05) is 50.2 Å². The van der Waals surface area contributed by atoms with Crippen molar-refractivity contribution in [2.45, 2.75) is 63.7 Å². The molecule has 0 aliphatic carbocycles. The Bertz CT molecular complexity index is 2720. The first kappa shape index (κ1) is 41.5. The molecule has 0 radical (unpaired) electrons. The van der Waals surface area contributed by atoms with Crippen molar-refractivity contribution in [1.29, 1.82) is 0 Å². The number of amides is 4. The van der Waals surface area contributed by atoms with Gasteiger partial charge in [-0.2, -0.15) is 0 Å². The van der Waals surface area contributed by atoms with E-state index in [4.69, 9.17) is 14.5 Å². The van der Waals surface area contributed by atoms with Crippen molar-refractivity contribution in [3.8, 4) is 23.1 Å². The Morgan fingerprint density at radius 2 is 1.52 bits per heavy atom. The molecule has 14 nitrogen and oxygen atoms in total. The normalized spacial score (nSPS) is 17.1. The summed E-state index contributed by atoms with van der Waals surface area (Å²) < 4.78 is 25.2. The first-order valence-corrected chi connectivity index (χ1v) is 20.7. The molecule has 0 bridgehead atoms. The van der Waals surface area contributed by atoms with Gasteiger partial charge in [0.1, 0.15) is 29.5 Å². The number of benzene rings is 4. The van der Waals surface area contributed by atoms with Crippen LogP contribution in [-0.4, -0.2) is 87.1 Å². The molecule has 15 heteroatoms. The van der Waals surface area contributed by atoms with Gasteiger partial charge in [-0.1, -0.05) is 74.2 Å². The number of nitrogens with zero attached hydrogens (tertiary/aromatic N) is 4. The zero-order chi connectivity index (χ0) is 43.5. The zero-order valence-electron chi connectivity index (χ0n) is 34.8. The number of carbonyl (C=O) groups is 4. The summed E-state index contributed by atoms with van der Waals surface area (Å²) in [4.78, 5) is 71.6. The summed E-state index contributed by atoms with van der Waals surface area (Å²) in [5, 5.41) is 7.18.